The molecule has 0 spiro atoms. The summed E-state index contributed by atoms with van der Waals surface area (Å²) < 4.78 is 5.59. The molecule has 0 fully saturated rings. The fraction of sp³-hybridized carbons (Fsp3) is 0.0435. The van der Waals surface area contributed by atoms with Gasteiger partial charge in [-0.25, -0.2) is 0 Å². The molecule has 0 nitrogen and oxygen atoms in total. The minimum absolute atomic E-state index is 1.02. The summed E-state index contributed by atoms with van der Waals surface area (Å²) in [5.74, 6) is 0. The Bertz CT molecular complexity index is 1380. The highest BCUT2D eigenvalue weighted by Gasteiger charge is 2.13. The second kappa shape index (κ2) is 5.23. The molecule has 6 aromatic rings. The Morgan fingerprint density at radius 2 is 1.19 bits per heavy atom. The van der Waals surface area contributed by atoms with Crippen LogP contribution in [0, 0.1) is 6.92 Å². The van der Waals surface area contributed by atoms with Gasteiger partial charge < -0.3 is 0 Å². The third-order valence-corrected chi connectivity index (χ3v) is 7.92. The van der Waals surface area contributed by atoms with Crippen LogP contribution in [0.2, 0.25) is 0 Å². The molecule has 0 atom stereocenters. The average molecular weight is 387 g/mol. The normalized spacial score (nSPS) is 12.2. The maximum absolute atomic E-state index is 4.49. The summed E-state index contributed by atoms with van der Waals surface area (Å²) in [6, 6.07) is 22.5. The van der Waals surface area contributed by atoms with E-state index < -0.39 is 0 Å². The lowest BCUT2D eigenvalue weighted by molar-refractivity contribution is 1.51. The number of hydrogen-bond acceptors (Lipinski definition) is 3. The summed E-state index contributed by atoms with van der Waals surface area (Å²) >= 11 is 8.33. The van der Waals surface area contributed by atoms with Crippen molar-refractivity contribution in [3.05, 3.63) is 66.2 Å². The van der Waals surface area contributed by atoms with Crippen LogP contribution in [0.4, 0.5) is 0 Å². The van der Waals surface area contributed by atoms with Gasteiger partial charge in [-0.05, 0) is 64.9 Å². The molecular weight excluding hydrogens is 372 g/mol. The number of thiol groups is 1. The zero-order valence-corrected chi connectivity index (χ0v) is 16.6. The van der Waals surface area contributed by atoms with E-state index in [4.69, 9.17) is 0 Å². The summed E-state index contributed by atoms with van der Waals surface area (Å²) in [5, 5.41) is 7.98. The molecule has 0 N–H and O–H groups in total. The first-order valence-electron chi connectivity index (χ1n) is 8.58. The van der Waals surface area contributed by atoms with Crippen LogP contribution in [0.5, 0.6) is 0 Å². The Labute approximate surface area is 164 Å². The highest BCUT2D eigenvalue weighted by Crippen LogP contribution is 2.46. The first-order chi connectivity index (χ1) is 12.7. The molecule has 2 aromatic heterocycles. The second-order valence-corrected chi connectivity index (χ2v) is 9.56. The number of hydrogen-bond donors (Lipinski definition) is 1. The molecule has 0 aliphatic heterocycles. The van der Waals surface area contributed by atoms with Crippen LogP contribution in [0.25, 0.3) is 51.1 Å². The highest BCUT2D eigenvalue weighted by atomic mass is 32.1. The van der Waals surface area contributed by atoms with Crippen molar-refractivity contribution in [1.82, 2.24) is 0 Å². The van der Waals surface area contributed by atoms with Crippen molar-refractivity contribution in [2.75, 3.05) is 0 Å². The maximum Gasteiger partial charge on any atom is 0.0542 e. The Hall–Kier alpha value is -2.07. The molecule has 4 aromatic carbocycles. The summed E-state index contributed by atoms with van der Waals surface area (Å²) in [5.41, 5.74) is 1.32. The van der Waals surface area contributed by atoms with Crippen molar-refractivity contribution >= 4 is 86.4 Å². The van der Waals surface area contributed by atoms with E-state index in [-0.39, 0.29) is 0 Å². The molecule has 0 radical (unpaired) electrons. The lowest BCUT2D eigenvalue weighted by Gasteiger charge is -2.01. The minimum Gasteiger partial charge on any atom is -0.143 e. The zero-order chi connectivity index (χ0) is 17.4. The summed E-state index contributed by atoms with van der Waals surface area (Å²) in [7, 11) is 0. The molecular formula is C23H14S3. The summed E-state index contributed by atoms with van der Waals surface area (Å²) in [6.07, 6.45) is 0. The van der Waals surface area contributed by atoms with Crippen molar-refractivity contribution in [2.45, 2.75) is 11.8 Å². The Morgan fingerprint density at radius 3 is 1.85 bits per heavy atom. The predicted octanol–water partition coefficient (Wildman–Crippen LogP) is 8.17. The van der Waals surface area contributed by atoms with Gasteiger partial charge in [-0.3, -0.25) is 0 Å². The Kier molecular flexibility index (Phi) is 3.02. The fourth-order valence-corrected chi connectivity index (χ4v) is 6.76. The summed E-state index contributed by atoms with van der Waals surface area (Å²) in [6.45, 7) is 2.16. The van der Waals surface area contributed by atoms with E-state index in [1.807, 2.05) is 22.7 Å². The molecule has 6 rings (SSSR count). The molecule has 3 heteroatoms. The van der Waals surface area contributed by atoms with Crippen LogP contribution in [-0.2, 0) is 0 Å². The van der Waals surface area contributed by atoms with Gasteiger partial charge >= 0.3 is 0 Å². The van der Waals surface area contributed by atoms with Gasteiger partial charge in [0.05, 0.1) is 9.40 Å². The number of fused-ring (bicyclic) bond motifs is 7. The van der Waals surface area contributed by atoms with Gasteiger partial charge in [0.15, 0.2) is 0 Å². The predicted molar refractivity (Wildman–Crippen MR) is 122 cm³/mol. The molecule has 0 aliphatic carbocycles. The second-order valence-electron chi connectivity index (χ2n) is 6.94. The molecule has 26 heavy (non-hydrogen) atoms. The third-order valence-electron chi connectivity index (χ3n) is 5.14. The number of benzene rings is 4. The van der Waals surface area contributed by atoms with Gasteiger partial charge in [0.2, 0.25) is 0 Å². The number of thiophene rings is 2. The lowest BCUT2D eigenvalue weighted by atomic mass is 10.1. The van der Waals surface area contributed by atoms with Gasteiger partial charge in [-0.15, -0.1) is 35.3 Å². The van der Waals surface area contributed by atoms with Crippen molar-refractivity contribution in [1.29, 1.82) is 0 Å². The molecule has 2 heterocycles. The average Bonchev–Trinajstić information content (AvgIpc) is 3.13. The third kappa shape index (κ3) is 2.08. The van der Waals surface area contributed by atoms with E-state index in [0.29, 0.717) is 0 Å². The van der Waals surface area contributed by atoms with Crippen LogP contribution >= 0.6 is 35.3 Å². The van der Waals surface area contributed by atoms with E-state index >= 15 is 0 Å². The standard InChI is InChI=1S/C23H14S3/c1-12-2-3-13-8-18-20(10-15(13)6-12)25-23-19-9-14-4-5-17(24)7-16(14)11-21(19)26-22(18)23/h2-11,24H,1H3. The minimum atomic E-state index is 1.02. The molecule has 0 saturated heterocycles. The van der Waals surface area contributed by atoms with Crippen molar-refractivity contribution < 1.29 is 0 Å². The Morgan fingerprint density at radius 1 is 0.615 bits per heavy atom. The van der Waals surface area contributed by atoms with Gasteiger partial charge in [-0.2, -0.15) is 0 Å². The van der Waals surface area contributed by atoms with Crippen LogP contribution in [0.3, 0.4) is 0 Å². The van der Waals surface area contributed by atoms with E-state index in [2.05, 4.69) is 80.2 Å². The molecule has 0 unspecified atom stereocenters. The Balaban J connectivity index is 1.75. The first kappa shape index (κ1) is 15.0. The van der Waals surface area contributed by atoms with Crippen molar-refractivity contribution in [3.63, 3.8) is 0 Å². The number of aryl methyl sites for hydroxylation is 1. The van der Waals surface area contributed by atoms with E-state index in [9.17, 15) is 0 Å². The highest BCUT2D eigenvalue weighted by molar-refractivity contribution is 7.80. The smallest absolute Gasteiger partial charge is 0.0542 e. The number of rotatable bonds is 0. The molecule has 0 saturated carbocycles. The monoisotopic (exact) mass is 386 g/mol. The van der Waals surface area contributed by atoms with Crippen molar-refractivity contribution in [3.8, 4) is 0 Å². The van der Waals surface area contributed by atoms with Crippen LogP contribution < -0.4 is 0 Å². The van der Waals surface area contributed by atoms with Crippen molar-refractivity contribution in [2.24, 2.45) is 0 Å². The van der Waals surface area contributed by atoms with Gasteiger partial charge in [0.25, 0.3) is 0 Å². The quantitative estimate of drug-likeness (QED) is 0.250. The molecule has 124 valence electrons. The van der Waals surface area contributed by atoms with E-state index in [1.165, 1.54) is 56.7 Å². The molecule has 0 aliphatic rings. The van der Waals surface area contributed by atoms with Gasteiger partial charge in [0.1, 0.15) is 0 Å². The van der Waals surface area contributed by atoms with Crippen LogP contribution in [-0.4, -0.2) is 0 Å². The molecule has 0 bridgehead atoms. The van der Waals surface area contributed by atoms with Gasteiger partial charge in [0, 0.05) is 25.1 Å². The fourth-order valence-electron chi connectivity index (χ4n) is 3.85. The first-order valence-corrected chi connectivity index (χ1v) is 10.7. The largest absolute Gasteiger partial charge is 0.143 e. The topological polar surface area (TPSA) is 0 Å². The van der Waals surface area contributed by atoms with Crippen LogP contribution in [0.15, 0.2) is 65.6 Å². The van der Waals surface area contributed by atoms with E-state index in [1.54, 1.807) is 0 Å². The lowest BCUT2D eigenvalue weighted by Crippen LogP contribution is -1.75. The maximum atomic E-state index is 4.49. The van der Waals surface area contributed by atoms with Crippen LogP contribution in [0.1, 0.15) is 5.56 Å². The van der Waals surface area contributed by atoms with Gasteiger partial charge in [-0.1, -0.05) is 29.8 Å². The molecule has 0 amide bonds. The van der Waals surface area contributed by atoms with E-state index in [0.717, 1.165) is 4.90 Å². The summed E-state index contributed by atoms with van der Waals surface area (Å²) in [4.78, 5) is 1.02. The zero-order valence-electron chi connectivity index (χ0n) is 14.0. The SMILES string of the molecule is Cc1ccc2cc3c(cc2c1)sc1c2cc4ccc(S)cc4cc2sc31.